The first-order chi connectivity index (χ1) is 17.0. The number of nitrogens with zero attached hydrogens (tertiary/aromatic N) is 1. The maximum absolute atomic E-state index is 12.7. The number of nitrogens with one attached hydrogen (secondary N) is 2. The maximum Gasteiger partial charge on any atom is 0.407 e. The molecule has 1 heterocycles. The van der Waals surface area contributed by atoms with E-state index in [1.54, 1.807) is 6.07 Å². The molecule has 1 atom stereocenters. The van der Waals surface area contributed by atoms with E-state index in [-0.39, 0.29) is 30.7 Å². The summed E-state index contributed by atoms with van der Waals surface area (Å²) in [5.74, 6) is -1.52. The third-order valence-electron chi connectivity index (χ3n) is 6.04. The van der Waals surface area contributed by atoms with Crippen molar-refractivity contribution in [2.24, 2.45) is 0 Å². The molecular weight excluding hydrogens is 446 g/mol. The number of pyridine rings is 1. The number of benzene rings is 2. The predicted molar refractivity (Wildman–Crippen MR) is 130 cm³/mol. The first kappa shape index (κ1) is 23.9. The molecule has 2 aromatic carbocycles. The minimum atomic E-state index is -1.11. The molecule has 0 bridgehead atoms. The number of hydrogen-bond acceptors (Lipinski definition) is 5. The Labute approximate surface area is 203 Å². The quantitative estimate of drug-likeness (QED) is 0.431. The van der Waals surface area contributed by atoms with E-state index in [1.165, 1.54) is 12.3 Å². The monoisotopic (exact) mass is 473 g/mol. The molecule has 3 aromatic rings. The highest BCUT2D eigenvalue weighted by molar-refractivity contribution is 5.86. The number of fused-ring (bicyclic) bond motifs is 3. The van der Waals surface area contributed by atoms with Crippen molar-refractivity contribution in [2.45, 2.75) is 38.3 Å². The van der Waals surface area contributed by atoms with Crippen LogP contribution in [-0.2, 0) is 16.1 Å². The van der Waals surface area contributed by atoms with Gasteiger partial charge in [0.15, 0.2) is 0 Å². The Bertz CT molecular complexity index is 1180. The summed E-state index contributed by atoms with van der Waals surface area (Å²) < 4.78 is 5.57. The van der Waals surface area contributed by atoms with Gasteiger partial charge in [-0.3, -0.25) is 4.79 Å². The lowest BCUT2D eigenvalue weighted by molar-refractivity contribution is -0.123. The second-order valence-electron chi connectivity index (χ2n) is 8.39. The number of carboxylic acid groups (broad SMARTS) is 1. The molecule has 1 aliphatic carbocycles. The number of rotatable bonds is 9. The van der Waals surface area contributed by atoms with Crippen LogP contribution in [0.3, 0.4) is 0 Å². The average molecular weight is 474 g/mol. The van der Waals surface area contributed by atoms with Crippen molar-refractivity contribution >= 4 is 18.0 Å². The molecule has 0 saturated heterocycles. The molecule has 0 unspecified atom stereocenters. The number of carbonyl (C=O) groups excluding carboxylic acids is 2. The van der Waals surface area contributed by atoms with E-state index in [9.17, 15) is 14.4 Å². The van der Waals surface area contributed by atoms with Crippen molar-refractivity contribution in [2.75, 3.05) is 6.61 Å². The van der Waals surface area contributed by atoms with Crippen LogP contribution in [0.15, 0.2) is 66.9 Å². The van der Waals surface area contributed by atoms with Crippen LogP contribution in [0, 0.1) is 0 Å². The Morgan fingerprint density at radius 1 is 1.00 bits per heavy atom. The van der Waals surface area contributed by atoms with Gasteiger partial charge >= 0.3 is 12.1 Å². The molecule has 0 fully saturated rings. The van der Waals surface area contributed by atoms with E-state index in [2.05, 4.69) is 27.8 Å². The van der Waals surface area contributed by atoms with E-state index in [0.29, 0.717) is 18.4 Å². The molecule has 3 N–H and O–H groups in total. The largest absolute Gasteiger partial charge is 0.477 e. The van der Waals surface area contributed by atoms with Gasteiger partial charge in [0.1, 0.15) is 18.3 Å². The van der Waals surface area contributed by atoms with Crippen molar-refractivity contribution < 1.29 is 24.2 Å². The number of carbonyl (C=O) groups is 3. The van der Waals surface area contributed by atoms with Crippen LogP contribution >= 0.6 is 0 Å². The number of hydrogen-bond donors (Lipinski definition) is 3. The Morgan fingerprint density at radius 2 is 1.66 bits per heavy atom. The van der Waals surface area contributed by atoms with Gasteiger partial charge in [-0.1, -0.05) is 67.9 Å². The van der Waals surface area contributed by atoms with E-state index in [0.717, 1.165) is 22.3 Å². The molecular formula is C27H27N3O5. The van der Waals surface area contributed by atoms with Gasteiger partial charge in [-0.05, 0) is 40.3 Å². The Hall–Kier alpha value is -4.20. The summed E-state index contributed by atoms with van der Waals surface area (Å²) >= 11 is 0. The summed E-state index contributed by atoms with van der Waals surface area (Å²) in [6.45, 7) is 2.26. The number of ether oxygens (including phenoxy) is 1. The molecule has 180 valence electrons. The topological polar surface area (TPSA) is 118 Å². The molecule has 0 radical (unpaired) electrons. The third kappa shape index (κ3) is 5.48. The first-order valence-electron chi connectivity index (χ1n) is 11.6. The highest BCUT2D eigenvalue weighted by atomic mass is 16.5. The average Bonchev–Trinajstić information content (AvgIpc) is 3.19. The first-order valence-corrected chi connectivity index (χ1v) is 11.6. The normalized spacial score (nSPS) is 12.8. The van der Waals surface area contributed by atoms with Crippen LogP contribution in [0.25, 0.3) is 11.1 Å². The number of carboxylic acids is 1. The van der Waals surface area contributed by atoms with Crippen LogP contribution in [0.1, 0.15) is 52.9 Å². The summed E-state index contributed by atoms with van der Waals surface area (Å²) in [5, 5.41) is 14.4. The maximum atomic E-state index is 12.7. The van der Waals surface area contributed by atoms with Crippen molar-refractivity contribution in [3.8, 4) is 11.1 Å². The summed E-state index contributed by atoms with van der Waals surface area (Å²) in [6, 6.07) is 18.4. The lowest BCUT2D eigenvalue weighted by Gasteiger charge is -2.19. The molecule has 0 aliphatic heterocycles. The lowest BCUT2D eigenvalue weighted by Crippen LogP contribution is -2.46. The second kappa shape index (κ2) is 10.8. The molecule has 0 spiro atoms. The van der Waals surface area contributed by atoms with Crippen LogP contribution < -0.4 is 10.6 Å². The van der Waals surface area contributed by atoms with Gasteiger partial charge in [0.05, 0.1) is 0 Å². The molecule has 8 nitrogen and oxygen atoms in total. The molecule has 2 amide bonds. The lowest BCUT2D eigenvalue weighted by atomic mass is 9.98. The highest BCUT2D eigenvalue weighted by Crippen LogP contribution is 2.44. The second-order valence-corrected chi connectivity index (χ2v) is 8.39. The van der Waals surface area contributed by atoms with E-state index >= 15 is 0 Å². The van der Waals surface area contributed by atoms with E-state index < -0.39 is 18.1 Å². The Kier molecular flexibility index (Phi) is 7.40. The SMILES string of the molecule is CCC[C@@H](NC(=O)OCC1c2ccccc2-c2ccccc21)C(=O)NCc1ccc(C(=O)O)nc1. The van der Waals surface area contributed by atoms with Gasteiger partial charge in [0.2, 0.25) is 5.91 Å². The molecule has 8 heteroatoms. The van der Waals surface area contributed by atoms with Crippen molar-refractivity contribution in [3.05, 3.63) is 89.2 Å². The summed E-state index contributed by atoms with van der Waals surface area (Å²) in [6.07, 6.45) is 1.90. The molecule has 1 aromatic heterocycles. The van der Waals surface area contributed by atoms with Crippen LogP contribution in [0.5, 0.6) is 0 Å². The standard InChI is InChI=1S/C27H27N3O5/c1-2-7-23(25(31)29-15-17-12-13-24(26(32)33)28-14-17)30-27(34)35-16-22-20-10-5-3-8-18(20)19-9-4-6-11-21(19)22/h3-6,8-14,22-23H,2,7,15-16H2,1H3,(H,29,31)(H,30,34)(H,32,33)/t23-/m1/s1. The molecule has 4 rings (SSSR count). The fourth-order valence-electron chi connectivity index (χ4n) is 4.31. The zero-order chi connectivity index (χ0) is 24.8. The smallest absolute Gasteiger partial charge is 0.407 e. The highest BCUT2D eigenvalue weighted by Gasteiger charge is 2.29. The van der Waals surface area contributed by atoms with Crippen molar-refractivity contribution in [1.82, 2.24) is 15.6 Å². The van der Waals surface area contributed by atoms with Gasteiger partial charge in [-0.2, -0.15) is 0 Å². The van der Waals surface area contributed by atoms with Gasteiger partial charge in [-0.15, -0.1) is 0 Å². The summed E-state index contributed by atoms with van der Waals surface area (Å²) in [4.78, 5) is 40.1. The Morgan fingerprint density at radius 3 is 2.23 bits per heavy atom. The number of aromatic nitrogens is 1. The minimum absolute atomic E-state index is 0.0622. The fourth-order valence-corrected chi connectivity index (χ4v) is 4.31. The number of aromatic carboxylic acids is 1. The van der Waals surface area contributed by atoms with Gasteiger partial charge in [-0.25, -0.2) is 14.6 Å². The molecule has 1 aliphatic rings. The van der Waals surface area contributed by atoms with Crippen molar-refractivity contribution in [3.63, 3.8) is 0 Å². The summed E-state index contributed by atoms with van der Waals surface area (Å²) in [5.41, 5.74) is 5.11. The summed E-state index contributed by atoms with van der Waals surface area (Å²) in [7, 11) is 0. The number of alkyl carbamates (subject to hydrolysis) is 1. The third-order valence-corrected chi connectivity index (χ3v) is 6.04. The zero-order valence-corrected chi connectivity index (χ0v) is 19.4. The molecule has 35 heavy (non-hydrogen) atoms. The molecule has 0 saturated carbocycles. The zero-order valence-electron chi connectivity index (χ0n) is 19.4. The van der Waals surface area contributed by atoms with E-state index in [4.69, 9.17) is 9.84 Å². The van der Waals surface area contributed by atoms with Gasteiger partial charge < -0.3 is 20.5 Å². The Balaban J connectivity index is 1.34. The van der Waals surface area contributed by atoms with Crippen LogP contribution in [0.2, 0.25) is 0 Å². The van der Waals surface area contributed by atoms with E-state index in [1.807, 2.05) is 43.3 Å². The van der Waals surface area contributed by atoms with Crippen LogP contribution in [-0.4, -0.2) is 40.7 Å². The van der Waals surface area contributed by atoms with Gasteiger partial charge in [0.25, 0.3) is 0 Å². The fraction of sp³-hybridized carbons (Fsp3) is 0.259. The predicted octanol–water partition coefficient (Wildman–Crippen LogP) is 4.10. The van der Waals surface area contributed by atoms with Crippen LogP contribution in [0.4, 0.5) is 4.79 Å². The van der Waals surface area contributed by atoms with Gasteiger partial charge in [0, 0.05) is 18.7 Å². The minimum Gasteiger partial charge on any atom is -0.477 e. The number of amides is 2. The van der Waals surface area contributed by atoms with Crippen molar-refractivity contribution in [1.29, 1.82) is 0 Å².